The van der Waals surface area contributed by atoms with Crippen LogP contribution in [0.5, 0.6) is 17.2 Å². The van der Waals surface area contributed by atoms with E-state index in [0.717, 1.165) is 17.1 Å². The highest BCUT2D eigenvalue weighted by molar-refractivity contribution is 5.83. The molecule has 1 atom stereocenters. The molecule has 2 aromatic rings. The highest BCUT2D eigenvalue weighted by atomic mass is 16.5. The molecule has 0 heterocycles. The van der Waals surface area contributed by atoms with Gasteiger partial charge in [0.15, 0.2) is 6.10 Å². The number of amides is 1. The first-order chi connectivity index (χ1) is 14.0. The van der Waals surface area contributed by atoms with Crippen molar-refractivity contribution in [1.29, 1.82) is 0 Å². The van der Waals surface area contributed by atoms with Gasteiger partial charge in [0.2, 0.25) is 0 Å². The van der Waals surface area contributed by atoms with Crippen molar-refractivity contribution in [1.82, 2.24) is 5.32 Å². The van der Waals surface area contributed by atoms with E-state index in [2.05, 4.69) is 5.32 Å². The zero-order valence-corrected chi connectivity index (χ0v) is 17.0. The summed E-state index contributed by atoms with van der Waals surface area (Å²) in [6.45, 7) is 2.27. The van der Waals surface area contributed by atoms with Gasteiger partial charge in [0.1, 0.15) is 17.2 Å². The average Bonchev–Trinajstić information content (AvgIpc) is 2.75. The number of nitrogens with one attached hydrogen (secondary N) is 1. The summed E-state index contributed by atoms with van der Waals surface area (Å²) in [5.41, 5.74) is 0.924. The normalized spacial score (nSPS) is 11.3. The lowest BCUT2D eigenvalue weighted by Gasteiger charge is -2.14. The summed E-state index contributed by atoms with van der Waals surface area (Å²) in [6, 6.07) is 14.6. The fraction of sp³-hybridized carbons (Fsp3) is 0.364. The first-order valence-corrected chi connectivity index (χ1v) is 9.39. The predicted octanol–water partition coefficient (Wildman–Crippen LogP) is 3.11. The van der Waals surface area contributed by atoms with Crippen molar-refractivity contribution < 1.29 is 28.5 Å². The zero-order chi connectivity index (χ0) is 21.1. The number of carbonyl (C=O) groups excluding carboxylic acids is 2. The average molecular weight is 401 g/mol. The number of methoxy groups -OCH3 is 2. The SMILES string of the molecule is COc1ccc(CNC(=O)[C@@H](C)OC(=O)CCCOc2ccc(OC)cc2)cc1. The van der Waals surface area contributed by atoms with E-state index in [1.54, 1.807) is 45.4 Å². The number of rotatable bonds is 11. The second kappa shape index (κ2) is 11.6. The Morgan fingerprint density at radius 1 is 0.897 bits per heavy atom. The summed E-state index contributed by atoms with van der Waals surface area (Å²) in [4.78, 5) is 24.0. The van der Waals surface area contributed by atoms with Gasteiger partial charge in [-0.25, -0.2) is 0 Å². The van der Waals surface area contributed by atoms with Crippen LogP contribution in [0.25, 0.3) is 0 Å². The van der Waals surface area contributed by atoms with Crippen LogP contribution in [-0.4, -0.2) is 38.8 Å². The van der Waals surface area contributed by atoms with Crippen LogP contribution in [0.3, 0.4) is 0 Å². The van der Waals surface area contributed by atoms with Gasteiger partial charge in [0.25, 0.3) is 5.91 Å². The molecule has 7 nitrogen and oxygen atoms in total. The van der Waals surface area contributed by atoms with Crippen LogP contribution in [0.1, 0.15) is 25.3 Å². The number of ether oxygens (including phenoxy) is 4. The molecule has 0 aliphatic heterocycles. The minimum Gasteiger partial charge on any atom is -0.497 e. The Kier molecular flexibility index (Phi) is 8.82. The lowest BCUT2D eigenvalue weighted by molar-refractivity contribution is -0.155. The Labute approximate surface area is 170 Å². The molecule has 156 valence electrons. The number of carbonyl (C=O) groups is 2. The van der Waals surface area contributed by atoms with Crippen LogP contribution in [0.2, 0.25) is 0 Å². The summed E-state index contributed by atoms with van der Waals surface area (Å²) in [6.07, 6.45) is -0.194. The number of benzene rings is 2. The molecule has 2 aromatic carbocycles. The molecular weight excluding hydrogens is 374 g/mol. The van der Waals surface area contributed by atoms with E-state index in [9.17, 15) is 9.59 Å². The van der Waals surface area contributed by atoms with Crippen molar-refractivity contribution in [3.8, 4) is 17.2 Å². The maximum Gasteiger partial charge on any atom is 0.306 e. The quantitative estimate of drug-likeness (QED) is 0.460. The standard InChI is InChI=1S/C22H27NO6/c1-16(22(25)23-15-17-6-8-18(26-2)9-7-17)29-21(24)5-4-14-28-20-12-10-19(27-3)11-13-20/h6-13,16H,4-5,14-15H2,1-3H3,(H,23,25)/t16-/m1/s1. The summed E-state index contributed by atoms with van der Waals surface area (Å²) >= 11 is 0. The summed E-state index contributed by atoms with van der Waals surface area (Å²) < 4.78 is 20.9. The lowest BCUT2D eigenvalue weighted by Crippen LogP contribution is -2.35. The maximum atomic E-state index is 12.1. The molecule has 0 fully saturated rings. The molecule has 0 spiro atoms. The topological polar surface area (TPSA) is 83.1 Å². The van der Waals surface area contributed by atoms with Crippen molar-refractivity contribution >= 4 is 11.9 Å². The van der Waals surface area contributed by atoms with Gasteiger partial charge in [-0.15, -0.1) is 0 Å². The Morgan fingerprint density at radius 3 is 2.03 bits per heavy atom. The van der Waals surface area contributed by atoms with E-state index < -0.39 is 12.1 Å². The minimum absolute atomic E-state index is 0.173. The fourth-order valence-electron chi connectivity index (χ4n) is 2.46. The van der Waals surface area contributed by atoms with E-state index in [0.29, 0.717) is 25.3 Å². The molecule has 0 aliphatic rings. The predicted molar refractivity (Wildman–Crippen MR) is 108 cm³/mol. The van der Waals surface area contributed by atoms with Gasteiger partial charge in [-0.2, -0.15) is 0 Å². The second-order valence-electron chi connectivity index (χ2n) is 6.33. The first kappa shape index (κ1) is 22.1. The van der Waals surface area contributed by atoms with E-state index in [-0.39, 0.29) is 12.3 Å². The summed E-state index contributed by atoms with van der Waals surface area (Å²) in [7, 11) is 3.19. The van der Waals surface area contributed by atoms with Crippen molar-refractivity contribution in [2.75, 3.05) is 20.8 Å². The van der Waals surface area contributed by atoms with Gasteiger partial charge in [-0.05, 0) is 55.3 Å². The fourth-order valence-corrected chi connectivity index (χ4v) is 2.46. The molecule has 1 amide bonds. The van der Waals surface area contributed by atoms with Gasteiger partial charge in [-0.1, -0.05) is 12.1 Å². The van der Waals surface area contributed by atoms with Gasteiger partial charge in [-0.3, -0.25) is 9.59 Å². The molecule has 0 aromatic heterocycles. The third kappa shape index (κ3) is 7.73. The van der Waals surface area contributed by atoms with Gasteiger partial charge in [0.05, 0.1) is 20.8 Å². The van der Waals surface area contributed by atoms with Crippen molar-refractivity contribution in [3.63, 3.8) is 0 Å². The Balaban J connectivity index is 1.63. The molecular formula is C22H27NO6. The van der Waals surface area contributed by atoms with Gasteiger partial charge < -0.3 is 24.3 Å². The Morgan fingerprint density at radius 2 is 1.45 bits per heavy atom. The van der Waals surface area contributed by atoms with Crippen LogP contribution in [-0.2, 0) is 20.9 Å². The highest BCUT2D eigenvalue weighted by Gasteiger charge is 2.17. The largest absolute Gasteiger partial charge is 0.497 e. The van der Waals surface area contributed by atoms with Crippen molar-refractivity contribution in [3.05, 3.63) is 54.1 Å². The van der Waals surface area contributed by atoms with E-state index in [4.69, 9.17) is 18.9 Å². The molecule has 0 unspecified atom stereocenters. The first-order valence-electron chi connectivity index (χ1n) is 9.39. The maximum absolute atomic E-state index is 12.1. The molecule has 29 heavy (non-hydrogen) atoms. The third-order valence-electron chi connectivity index (χ3n) is 4.16. The molecule has 2 rings (SSSR count). The number of hydrogen-bond donors (Lipinski definition) is 1. The monoisotopic (exact) mass is 401 g/mol. The van der Waals surface area contributed by atoms with Crippen LogP contribution >= 0.6 is 0 Å². The van der Waals surface area contributed by atoms with E-state index in [1.807, 2.05) is 24.3 Å². The van der Waals surface area contributed by atoms with Crippen LogP contribution < -0.4 is 19.5 Å². The Hall–Kier alpha value is -3.22. The highest BCUT2D eigenvalue weighted by Crippen LogP contribution is 2.17. The Bertz CT molecular complexity index is 773. The van der Waals surface area contributed by atoms with Crippen LogP contribution in [0, 0.1) is 0 Å². The van der Waals surface area contributed by atoms with E-state index in [1.165, 1.54) is 0 Å². The number of hydrogen-bond acceptors (Lipinski definition) is 6. The minimum atomic E-state index is -0.858. The lowest BCUT2D eigenvalue weighted by atomic mass is 10.2. The summed E-state index contributed by atoms with van der Waals surface area (Å²) in [5, 5.41) is 2.75. The molecule has 7 heteroatoms. The second-order valence-corrected chi connectivity index (χ2v) is 6.33. The van der Waals surface area contributed by atoms with Crippen molar-refractivity contribution in [2.24, 2.45) is 0 Å². The third-order valence-corrected chi connectivity index (χ3v) is 4.16. The zero-order valence-electron chi connectivity index (χ0n) is 17.0. The molecule has 0 aliphatic carbocycles. The smallest absolute Gasteiger partial charge is 0.306 e. The molecule has 0 saturated carbocycles. The van der Waals surface area contributed by atoms with Crippen LogP contribution in [0.4, 0.5) is 0 Å². The molecule has 0 saturated heterocycles. The van der Waals surface area contributed by atoms with E-state index >= 15 is 0 Å². The van der Waals surface area contributed by atoms with Crippen LogP contribution in [0.15, 0.2) is 48.5 Å². The van der Waals surface area contributed by atoms with Crippen molar-refractivity contribution in [2.45, 2.75) is 32.4 Å². The molecule has 0 bridgehead atoms. The summed E-state index contributed by atoms with van der Waals surface area (Å²) in [5.74, 6) is 1.42. The van der Waals surface area contributed by atoms with Gasteiger partial charge in [0, 0.05) is 13.0 Å². The molecule has 0 radical (unpaired) electrons. The number of esters is 1. The van der Waals surface area contributed by atoms with Gasteiger partial charge >= 0.3 is 5.97 Å². The molecule has 1 N–H and O–H groups in total.